The summed E-state index contributed by atoms with van der Waals surface area (Å²) in [5, 5.41) is 0. The first-order valence-corrected chi connectivity index (χ1v) is 13.2. The molecule has 0 bridgehead atoms. The number of piperidine rings is 1. The zero-order valence-corrected chi connectivity index (χ0v) is 20.1. The molecule has 2 aromatic rings. The number of amides is 1. The quantitative estimate of drug-likeness (QED) is 0.651. The monoisotopic (exact) mass is 467 g/mol. The molecule has 0 aliphatic carbocycles. The highest BCUT2D eigenvalue weighted by molar-refractivity contribution is 7.89. The van der Waals surface area contributed by atoms with Crippen LogP contribution in [0.5, 0.6) is 0 Å². The van der Waals surface area contributed by atoms with Crippen molar-refractivity contribution >= 4 is 22.0 Å². The molecular formula is C26H33N3O3S. The maximum absolute atomic E-state index is 13.3. The minimum absolute atomic E-state index is 0.0809. The second-order valence-corrected chi connectivity index (χ2v) is 10.8. The van der Waals surface area contributed by atoms with E-state index in [0.717, 1.165) is 44.5 Å². The summed E-state index contributed by atoms with van der Waals surface area (Å²) in [7, 11) is -3.56. The van der Waals surface area contributed by atoms with Gasteiger partial charge in [0.05, 0.1) is 4.90 Å². The Hall–Kier alpha value is -2.48. The lowest BCUT2D eigenvalue weighted by Gasteiger charge is -2.34. The van der Waals surface area contributed by atoms with E-state index in [-0.39, 0.29) is 10.8 Å². The van der Waals surface area contributed by atoms with Gasteiger partial charge in [0.2, 0.25) is 10.0 Å². The summed E-state index contributed by atoms with van der Waals surface area (Å²) in [6.07, 6.45) is 7.13. The van der Waals surface area contributed by atoms with Gasteiger partial charge in [-0.2, -0.15) is 4.31 Å². The van der Waals surface area contributed by atoms with Gasteiger partial charge in [0.1, 0.15) is 0 Å². The number of benzene rings is 2. The predicted molar refractivity (Wildman–Crippen MR) is 132 cm³/mol. The van der Waals surface area contributed by atoms with Crippen molar-refractivity contribution in [2.45, 2.75) is 31.1 Å². The summed E-state index contributed by atoms with van der Waals surface area (Å²) in [6.45, 7) is 6.71. The summed E-state index contributed by atoms with van der Waals surface area (Å²) in [6, 6.07) is 15.2. The van der Waals surface area contributed by atoms with Crippen molar-refractivity contribution in [1.82, 2.24) is 14.1 Å². The van der Waals surface area contributed by atoms with Crippen molar-refractivity contribution in [3.05, 3.63) is 71.3 Å². The minimum atomic E-state index is -3.56. The molecule has 0 spiro atoms. The van der Waals surface area contributed by atoms with Gasteiger partial charge in [-0.05, 0) is 43.0 Å². The number of rotatable bonds is 6. The first kappa shape index (κ1) is 23.7. The average Bonchev–Trinajstić information content (AvgIpc) is 2.85. The van der Waals surface area contributed by atoms with Gasteiger partial charge >= 0.3 is 0 Å². The summed E-state index contributed by atoms with van der Waals surface area (Å²) >= 11 is 0. The fourth-order valence-electron chi connectivity index (χ4n) is 4.45. The third-order valence-electron chi connectivity index (χ3n) is 6.53. The van der Waals surface area contributed by atoms with Crippen LogP contribution >= 0.6 is 0 Å². The predicted octanol–water partition coefficient (Wildman–Crippen LogP) is 3.64. The van der Waals surface area contributed by atoms with Crippen LogP contribution in [0.3, 0.4) is 0 Å². The molecule has 2 saturated heterocycles. The summed E-state index contributed by atoms with van der Waals surface area (Å²) in [5.74, 6) is -0.0809. The van der Waals surface area contributed by atoms with Gasteiger partial charge in [-0.15, -0.1) is 0 Å². The van der Waals surface area contributed by atoms with E-state index in [1.165, 1.54) is 5.56 Å². The normalized spacial score (nSPS) is 18.6. The fourth-order valence-corrected chi connectivity index (χ4v) is 6.00. The van der Waals surface area contributed by atoms with E-state index in [2.05, 4.69) is 29.2 Å². The molecule has 6 nitrogen and oxygen atoms in total. The topological polar surface area (TPSA) is 60.9 Å². The molecule has 2 aliphatic rings. The molecule has 2 heterocycles. The molecule has 2 aromatic carbocycles. The van der Waals surface area contributed by atoms with Crippen molar-refractivity contribution in [1.29, 1.82) is 0 Å². The van der Waals surface area contributed by atoms with Crippen LogP contribution < -0.4 is 0 Å². The Morgan fingerprint density at radius 2 is 1.61 bits per heavy atom. The molecule has 0 radical (unpaired) electrons. The smallest absolute Gasteiger partial charge is 0.254 e. The molecule has 4 rings (SSSR count). The Morgan fingerprint density at radius 3 is 2.30 bits per heavy atom. The molecule has 7 heteroatoms. The number of hydrogen-bond acceptors (Lipinski definition) is 4. The number of piperazine rings is 1. The number of carbonyl (C=O) groups excluding carboxylic acids is 1. The first-order chi connectivity index (χ1) is 15.9. The molecule has 0 N–H and O–H groups in total. The molecule has 0 atom stereocenters. The van der Waals surface area contributed by atoms with Crippen molar-refractivity contribution in [2.24, 2.45) is 0 Å². The molecular weight excluding hydrogens is 434 g/mol. The lowest BCUT2D eigenvalue weighted by molar-refractivity contribution is 0.0649. The van der Waals surface area contributed by atoms with Crippen molar-refractivity contribution < 1.29 is 13.2 Å². The lowest BCUT2D eigenvalue weighted by Crippen LogP contribution is -2.48. The third kappa shape index (κ3) is 5.72. The SMILES string of the molecule is Cc1ccc(S(=O)(=O)N2CCCCC2)cc1C(=O)N1CCN(C/C=C/c2ccccc2)CC1. The van der Waals surface area contributed by atoms with Crippen molar-refractivity contribution in [3.8, 4) is 0 Å². The molecule has 0 unspecified atom stereocenters. The highest BCUT2D eigenvalue weighted by Crippen LogP contribution is 2.24. The van der Waals surface area contributed by atoms with Gasteiger partial charge < -0.3 is 4.90 Å². The number of sulfonamides is 1. The Labute approximate surface area is 197 Å². The molecule has 176 valence electrons. The Morgan fingerprint density at radius 1 is 0.909 bits per heavy atom. The molecule has 1 amide bonds. The highest BCUT2D eigenvalue weighted by Gasteiger charge is 2.28. The van der Waals surface area contributed by atoms with Crippen molar-refractivity contribution in [2.75, 3.05) is 45.8 Å². The molecule has 0 aromatic heterocycles. The van der Waals surface area contributed by atoms with Crippen LogP contribution in [0.1, 0.15) is 40.7 Å². The maximum atomic E-state index is 13.3. The number of hydrogen-bond donors (Lipinski definition) is 0. The largest absolute Gasteiger partial charge is 0.336 e. The van der Waals surface area contributed by atoms with Crippen LogP contribution in [0, 0.1) is 6.92 Å². The maximum Gasteiger partial charge on any atom is 0.254 e. The van der Waals surface area contributed by atoms with Gasteiger partial charge in [-0.3, -0.25) is 9.69 Å². The van der Waals surface area contributed by atoms with E-state index in [0.29, 0.717) is 31.7 Å². The zero-order valence-electron chi connectivity index (χ0n) is 19.3. The Kier molecular flexibility index (Phi) is 7.63. The van der Waals surface area contributed by atoms with Crippen LogP contribution in [0.25, 0.3) is 6.08 Å². The van der Waals surface area contributed by atoms with Crippen LogP contribution in [0.2, 0.25) is 0 Å². The summed E-state index contributed by atoms with van der Waals surface area (Å²) < 4.78 is 27.7. The van der Waals surface area contributed by atoms with Crippen LogP contribution in [0.15, 0.2) is 59.5 Å². The van der Waals surface area contributed by atoms with Gasteiger partial charge in [0.25, 0.3) is 5.91 Å². The minimum Gasteiger partial charge on any atom is -0.336 e. The standard InChI is InChI=1S/C26H33N3O3S/c1-22-12-13-24(33(31,32)29-15-6-3-7-16-29)21-25(22)26(30)28-19-17-27(18-20-28)14-8-11-23-9-4-2-5-10-23/h2,4-5,8-13,21H,3,6-7,14-20H2,1H3/b11-8+. The molecule has 0 saturated carbocycles. The Balaban J connectivity index is 1.38. The fraction of sp³-hybridized carbons (Fsp3) is 0.423. The second-order valence-electron chi connectivity index (χ2n) is 8.85. The summed E-state index contributed by atoms with van der Waals surface area (Å²) in [5.41, 5.74) is 2.48. The van der Waals surface area contributed by atoms with E-state index in [9.17, 15) is 13.2 Å². The molecule has 2 aliphatic heterocycles. The van der Waals surface area contributed by atoms with Crippen LogP contribution in [-0.2, 0) is 10.0 Å². The molecule has 33 heavy (non-hydrogen) atoms. The zero-order chi connectivity index (χ0) is 23.3. The Bertz CT molecular complexity index is 1090. The van der Waals surface area contributed by atoms with Gasteiger partial charge in [-0.25, -0.2) is 8.42 Å². The van der Waals surface area contributed by atoms with E-state index >= 15 is 0 Å². The van der Waals surface area contributed by atoms with E-state index < -0.39 is 10.0 Å². The number of nitrogens with zero attached hydrogens (tertiary/aromatic N) is 3. The van der Waals surface area contributed by atoms with Crippen LogP contribution in [-0.4, -0.2) is 74.2 Å². The van der Waals surface area contributed by atoms with E-state index in [1.54, 1.807) is 22.5 Å². The lowest BCUT2D eigenvalue weighted by atomic mass is 10.1. The van der Waals surface area contributed by atoms with Gasteiger partial charge in [0.15, 0.2) is 0 Å². The van der Waals surface area contributed by atoms with Crippen molar-refractivity contribution in [3.63, 3.8) is 0 Å². The third-order valence-corrected chi connectivity index (χ3v) is 8.42. The average molecular weight is 468 g/mol. The van der Waals surface area contributed by atoms with Gasteiger partial charge in [0, 0.05) is 51.4 Å². The first-order valence-electron chi connectivity index (χ1n) is 11.8. The second kappa shape index (κ2) is 10.6. The number of carbonyl (C=O) groups is 1. The van der Waals surface area contributed by atoms with E-state index in [4.69, 9.17) is 0 Å². The molecule has 2 fully saturated rings. The highest BCUT2D eigenvalue weighted by atomic mass is 32.2. The summed E-state index contributed by atoms with van der Waals surface area (Å²) in [4.78, 5) is 17.7. The van der Waals surface area contributed by atoms with Gasteiger partial charge in [-0.1, -0.05) is 55.0 Å². The number of aryl methyl sites for hydroxylation is 1. The van der Waals surface area contributed by atoms with E-state index in [1.807, 2.05) is 30.0 Å². The van der Waals surface area contributed by atoms with Crippen LogP contribution in [0.4, 0.5) is 0 Å².